The van der Waals surface area contributed by atoms with Gasteiger partial charge in [0.15, 0.2) is 0 Å². The van der Waals surface area contributed by atoms with Crippen LogP contribution in [0.3, 0.4) is 0 Å². The molecule has 0 unspecified atom stereocenters. The molecule has 88 valence electrons. The second-order valence-electron chi connectivity index (χ2n) is 5.02. The molecule has 0 aromatic carbocycles. The molecule has 0 aromatic heterocycles. The van der Waals surface area contributed by atoms with E-state index in [2.05, 4.69) is 0 Å². The molecule has 0 aromatic rings. The SMILES string of the molecule is COC(=O)[C@@]1(C)[C@@H]2CC[C@]3(COC(=O)[C@@H]31)O2. The summed E-state index contributed by atoms with van der Waals surface area (Å²) in [6.45, 7) is 2.03. The molecule has 0 aliphatic carbocycles. The van der Waals surface area contributed by atoms with Gasteiger partial charge in [-0.25, -0.2) is 0 Å². The van der Waals surface area contributed by atoms with Crippen molar-refractivity contribution in [2.24, 2.45) is 11.3 Å². The highest BCUT2D eigenvalue weighted by molar-refractivity contribution is 5.89. The highest BCUT2D eigenvalue weighted by atomic mass is 16.6. The van der Waals surface area contributed by atoms with E-state index in [1.807, 2.05) is 0 Å². The standard InChI is InChI=1S/C11H14O5/c1-10(9(13)14-2)6-3-4-11(16-6)5-15-8(12)7(10)11/h6-7H,3-5H2,1-2H3/t6-,7+,10-,11+/m0/s1. The summed E-state index contributed by atoms with van der Waals surface area (Å²) in [7, 11) is 1.34. The van der Waals surface area contributed by atoms with Crippen LogP contribution in [0.25, 0.3) is 0 Å². The van der Waals surface area contributed by atoms with Gasteiger partial charge >= 0.3 is 11.9 Å². The van der Waals surface area contributed by atoms with Crippen molar-refractivity contribution in [2.75, 3.05) is 13.7 Å². The van der Waals surface area contributed by atoms with Crippen LogP contribution >= 0.6 is 0 Å². The zero-order valence-electron chi connectivity index (χ0n) is 9.32. The molecule has 0 N–H and O–H groups in total. The number of carbonyl (C=O) groups excluding carboxylic acids is 2. The van der Waals surface area contributed by atoms with Crippen LogP contribution in [-0.2, 0) is 23.8 Å². The number of hydrogen-bond acceptors (Lipinski definition) is 5. The van der Waals surface area contributed by atoms with E-state index in [-0.39, 0.29) is 24.6 Å². The quantitative estimate of drug-likeness (QED) is 0.600. The number of hydrogen-bond donors (Lipinski definition) is 0. The second-order valence-corrected chi connectivity index (χ2v) is 5.02. The minimum atomic E-state index is -0.874. The van der Waals surface area contributed by atoms with Crippen LogP contribution in [0.2, 0.25) is 0 Å². The maximum absolute atomic E-state index is 11.9. The van der Waals surface area contributed by atoms with Gasteiger partial charge < -0.3 is 14.2 Å². The number of fused-ring (bicyclic) bond motifs is 1. The summed E-state index contributed by atoms with van der Waals surface area (Å²) in [5, 5.41) is 0. The van der Waals surface area contributed by atoms with E-state index >= 15 is 0 Å². The number of esters is 2. The highest BCUT2D eigenvalue weighted by Gasteiger charge is 2.74. The Morgan fingerprint density at radius 1 is 1.56 bits per heavy atom. The van der Waals surface area contributed by atoms with Crippen LogP contribution in [0.1, 0.15) is 19.8 Å². The summed E-state index contributed by atoms with van der Waals surface area (Å²) >= 11 is 0. The summed E-state index contributed by atoms with van der Waals surface area (Å²) < 4.78 is 15.7. The molecule has 5 nitrogen and oxygen atoms in total. The monoisotopic (exact) mass is 226 g/mol. The largest absolute Gasteiger partial charge is 0.469 e. The van der Waals surface area contributed by atoms with Gasteiger partial charge in [-0.05, 0) is 19.8 Å². The zero-order chi connectivity index (χ0) is 11.6. The molecule has 3 aliphatic heterocycles. The van der Waals surface area contributed by atoms with Gasteiger partial charge in [-0.2, -0.15) is 0 Å². The van der Waals surface area contributed by atoms with Gasteiger partial charge in [0, 0.05) is 0 Å². The fourth-order valence-electron chi connectivity index (χ4n) is 3.54. The van der Waals surface area contributed by atoms with Gasteiger partial charge in [-0.1, -0.05) is 0 Å². The van der Waals surface area contributed by atoms with Crippen LogP contribution < -0.4 is 0 Å². The molecular formula is C11H14O5. The maximum atomic E-state index is 11.9. The minimum Gasteiger partial charge on any atom is -0.469 e. The van der Waals surface area contributed by atoms with E-state index in [1.54, 1.807) is 6.92 Å². The predicted molar refractivity (Wildman–Crippen MR) is 51.4 cm³/mol. The summed E-state index contributed by atoms with van der Waals surface area (Å²) in [5.74, 6) is -1.19. The molecule has 3 heterocycles. The lowest BCUT2D eigenvalue weighted by Crippen LogP contribution is -2.49. The Hall–Kier alpha value is -1.10. The van der Waals surface area contributed by atoms with Crippen molar-refractivity contribution < 1.29 is 23.8 Å². The third kappa shape index (κ3) is 0.867. The first kappa shape index (κ1) is 10.1. The molecule has 1 spiro atoms. The molecule has 16 heavy (non-hydrogen) atoms. The predicted octanol–water partition coefficient (Wildman–Crippen LogP) is 0.270. The van der Waals surface area contributed by atoms with Crippen LogP contribution in [-0.4, -0.2) is 37.4 Å². The second kappa shape index (κ2) is 2.77. The Bertz CT molecular complexity index is 379. The van der Waals surface area contributed by atoms with Gasteiger partial charge in [-0.3, -0.25) is 9.59 Å². The zero-order valence-corrected chi connectivity index (χ0v) is 9.32. The molecular weight excluding hydrogens is 212 g/mol. The van der Waals surface area contributed by atoms with Crippen LogP contribution in [0, 0.1) is 11.3 Å². The first-order valence-corrected chi connectivity index (χ1v) is 5.47. The Kier molecular flexibility index (Phi) is 1.74. The van der Waals surface area contributed by atoms with Gasteiger partial charge in [0.05, 0.1) is 13.2 Å². The van der Waals surface area contributed by atoms with Crippen molar-refractivity contribution in [1.82, 2.24) is 0 Å². The highest BCUT2D eigenvalue weighted by Crippen LogP contribution is 2.61. The van der Waals surface area contributed by atoms with E-state index in [0.717, 1.165) is 12.8 Å². The normalized spacial score (nSPS) is 49.0. The molecule has 2 bridgehead atoms. The average molecular weight is 226 g/mol. The molecule has 3 saturated heterocycles. The Balaban J connectivity index is 2.08. The number of ether oxygens (including phenoxy) is 3. The van der Waals surface area contributed by atoms with Crippen molar-refractivity contribution >= 4 is 11.9 Å². The van der Waals surface area contributed by atoms with Crippen LogP contribution in [0.5, 0.6) is 0 Å². The van der Waals surface area contributed by atoms with Crippen molar-refractivity contribution in [3.63, 3.8) is 0 Å². The molecule has 3 rings (SSSR count). The number of rotatable bonds is 1. The molecule has 0 saturated carbocycles. The fourth-order valence-corrected chi connectivity index (χ4v) is 3.54. The summed E-state index contributed by atoms with van der Waals surface area (Å²) in [5.41, 5.74) is -1.44. The van der Waals surface area contributed by atoms with Crippen LogP contribution in [0.15, 0.2) is 0 Å². The lowest BCUT2D eigenvalue weighted by Gasteiger charge is -2.33. The van der Waals surface area contributed by atoms with Crippen molar-refractivity contribution in [3.8, 4) is 0 Å². The fraction of sp³-hybridized carbons (Fsp3) is 0.818. The van der Waals surface area contributed by atoms with Gasteiger partial charge in [0.25, 0.3) is 0 Å². The van der Waals surface area contributed by atoms with E-state index < -0.39 is 16.9 Å². The summed E-state index contributed by atoms with van der Waals surface area (Å²) in [6.07, 6.45) is 1.37. The summed E-state index contributed by atoms with van der Waals surface area (Å²) in [6, 6.07) is 0. The van der Waals surface area contributed by atoms with Gasteiger partial charge in [-0.15, -0.1) is 0 Å². The van der Waals surface area contributed by atoms with E-state index in [0.29, 0.717) is 0 Å². The van der Waals surface area contributed by atoms with E-state index in [9.17, 15) is 9.59 Å². The topological polar surface area (TPSA) is 61.8 Å². The van der Waals surface area contributed by atoms with E-state index in [4.69, 9.17) is 14.2 Å². The molecule has 0 radical (unpaired) electrons. The van der Waals surface area contributed by atoms with Gasteiger partial charge in [0.1, 0.15) is 23.5 Å². The lowest BCUT2D eigenvalue weighted by molar-refractivity contribution is -0.164. The summed E-state index contributed by atoms with van der Waals surface area (Å²) in [4.78, 5) is 23.7. The third-order valence-corrected chi connectivity index (χ3v) is 4.32. The third-order valence-electron chi connectivity index (χ3n) is 4.32. The number of methoxy groups -OCH3 is 1. The molecule has 3 aliphatic rings. The Morgan fingerprint density at radius 2 is 2.31 bits per heavy atom. The van der Waals surface area contributed by atoms with Crippen molar-refractivity contribution in [1.29, 1.82) is 0 Å². The lowest BCUT2D eigenvalue weighted by atomic mass is 9.63. The number of carbonyl (C=O) groups is 2. The first-order chi connectivity index (χ1) is 7.54. The maximum Gasteiger partial charge on any atom is 0.315 e. The average Bonchev–Trinajstić information content (AvgIpc) is 2.90. The molecule has 0 amide bonds. The minimum absolute atomic E-state index is 0.210. The first-order valence-electron chi connectivity index (χ1n) is 5.47. The number of cyclic esters (lactones) is 1. The smallest absolute Gasteiger partial charge is 0.315 e. The Labute approximate surface area is 93.0 Å². The van der Waals surface area contributed by atoms with Crippen LogP contribution in [0.4, 0.5) is 0 Å². The van der Waals surface area contributed by atoms with E-state index in [1.165, 1.54) is 7.11 Å². The van der Waals surface area contributed by atoms with Crippen molar-refractivity contribution in [2.45, 2.75) is 31.5 Å². The Morgan fingerprint density at radius 3 is 3.00 bits per heavy atom. The molecule has 3 fully saturated rings. The van der Waals surface area contributed by atoms with Gasteiger partial charge in [0.2, 0.25) is 0 Å². The molecule has 5 heteroatoms. The molecule has 4 atom stereocenters. The van der Waals surface area contributed by atoms with Crippen molar-refractivity contribution in [3.05, 3.63) is 0 Å².